The van der Waals surface area contributed by atoms with Gasteiger partial charge in [0.15, 0.2) is 0 Å². The molecule has 114 valence electrons. The van der Waals surface area contributed by atoms with E-state index in [-0.39, 0.29) is 0 Å². The Bertz CT molecular complexity index is 619. The number of hydrogen-bond acceptors (Lipinski definition) is 4. The van der Waals surface area contributed by atoms with Crippen molar-refractivity contribution in [3.8, 4) is 0 Å². The van der Waals surface area contributed by atoms with Crippen LogP contribution in [0.1, 0.15) is 11.1 Å². The van der Waals surface area contributed by atoms with Crippen molar-refractivity contribution in [1.82, 2.24) is 9.88 Å². The van der Waals surface area contributed by atoms with Crippen LogP contribution in [0.2, 0.25) is 0 Å². The first-order chi connectivity index (χ1) is 10.7. The molecule has 1 fully saturated rings. The van der Waals surface area contributed by atoms with E-state index in [0.29, 0.717) is 4.99 Å². The minimum absolute atomic E-state index is 0.454. The van der Waals surface area contributed by atoms with Crippen molar-refractivity contribution in [1.29, 1.82) is 0 Å². The van der Waals surface area contributed by atoms with Crippen LogP contribution in [-0.2, 0) is 6.54 Å². The predicted octanol–water partition coefficient (Wildman–Crippen LogP) is 2.04. The fraction of sp³-hybridized carbons (Fsp3) is 0.294. The van der Waals surface area contributed by atoms with E-state index >= 15 is 0 Å². The summed E-state index contributed by atoms with van der Waals surface area (Å²) in [5.41, 5.74) is 7.86. The molecule has 2 aromatic rings. The maximum absolute atomic E-state index is 5.63. The van der Waals surface area contributed by atoms with Crippen molar-refractivity contribution in [3.63, 3.8) is 0 Å². The molecular weight excluding hydrogens is 292 g/mol. The van der Waals surface area contributed by atoms with Gasteiger partial charge in [0.25, 0.3) is 0 Å². The minimum Gasteiger partial charge on any atom is -0.389 e. The van der Waals surface area contributed by atoms with Crippen LogP contribution in [0.4, 0.5) is 5.82 Å². The largest absolute Gasteiger partial charge is 0.389 e. The van der Waals surface area contributed by atoms with Crippen molar-refractivity contribution < 1.29 is 0 Å². The van der Waals surface area contributed by atoms with E-state index in [9.17, 15) is 0 Å². The molecule has 1 saturated heterocycles. The Hall–Kier alpha value is -1.98. The van der Waals surface area contributed by atoms with E-state index in [1.807, 2.05) is 30.5 Å². The van der Waals surface area contributed by atoms with E-state index in [0.717, 1.165) is 44.1 Å². The van der Waals surface area contributed by atoms with Gasteiger partial charge < -0.3 is 10.6 Å². The summed E-state index contributed by atoms with van der Waals surface area (Å²) in [5.74, 6) is 1.07. The smallest absolute Gasteiger partial charge is 0.128 e. The maximum Gasteiger partial charge on any atom is 0.128 e. The maximum atomic E-state index is 5.63. The summed E-state index contributed by atoms with van der Waals surface area (Å²) in [4.78, 5) is 9.68. The molecule has 0 radical (unpaired) electrons. The van der Waals surface area contributed by atoms with E-state index < -0.39 is 0 Å². The molecule has 3 rings (SSSR count). The van der Waals surface area contributed by atoms with Gasteiger partial charge in [-0.15, -0.1) is 0 Å². The topological polar surface area (TPSA) is 45.4 Å². The molecule has 1 aromatic carbocycles. The first kappa shape index (κ1) is 14.9. The molecule has 4 nitrogen and oxygen atoms in total. The number of benzene rings is 1. The van der Waals surface area contributed by atoms with E-state index in [4.69, 9.17) is 18.0 Å². The molecule has 0 bridgehead atoms. The van der Waals surface area contributed by atoms with Crippen molar-refractivity contribution in [2.45, 2.75) is 6.54 Å². The zero-order valence-electron chi connectivity index (χ0n) is 12.5. The van der Waals surface area contributed by atoms with Gasteiger partial charge in [-0.2, -0.15) is 0 Å². The monoisotopic (exact) mass is 312 g/mol. The lowest BCUT2D eigenvalue weighted by Crippen LogP contribution is -2.46. The Morgan fingerprint density at radius 2 is 1.77 bits per heavy atom. The van der Waals surface area contributed by atoms with Crippen LogP contribution in [0, 0.1) is 0 Å². The lowest BCUT2D eigenvalue weighted by atomic mass is 10.1. The fourth-order valence-corrected chi connectivity index (χ4v) is 2.84. The predicted molar refractivity (Wildman–Crippen MR) is 94.1 cm³/mol. The molecule has 2 N–H and O–H groups in total. The van der Waals surface area contributed by atoms with Crippen molar-refractivity contribution >= 4 is 23.0 Å². The number of thiocarbonyl (C=S) groups is 1. The van der Waals surface area contributed by atoms with Crippen LogP contribution >= 0.6 is 12.2 Å². The van der Waals surface area contributed by atoms with E-state index in [1.54, 1.807) is 0 Å². The molecule has 0 saturated carbocycles. The highest BCUT2D eigenvalue weighted by Crippen LogP contribution is 2.14. The Balaban J connectivity index is 1.54. The Labute approximate surface area is 136 Å². The standard InChI is InChI=1S/C17H20N4S/c18-17(22)15-6-4-14(5-7-15)13-20-9-11-21(12-10-20)16-3-1-2-8-19-16/h1-8H,9-13H2,(H2,18,22). The van der Waals surface area contributed by atoms with Gasteiger partial charge in [-0.3, -0.25) is 4.90 Å². The number of nitrogens with two attached hydrogens (primary N) is 1. The third-order valence-electron chi connectivity index (χ3n) is 3.99. The van der Waals surface area contributed by atoms with Crippen molar-refractivity contribution in [3.05, 3.63) is 59.8 Å². The van der Waals surface area contributed by atoms with Crippen LogP contribution < -0.4 is 10.6 Å². The number of anilines is 1. The average molecular weight is 312 g/mol. The van der Waals surface area contributed by atoms with Crippen LogP contribution in [0.5, 0.6) is 0 Å². The molecule has 0 unspecified atom stereocenters. The van der Waals surface area contributed by atoms with Gasteiger partial charge in [0.2, 0.25) is 0 Å². The van der Waals surface area contributed by atoms with Gasteiger partial charge in [-0.1, -0.05) is 42.5 Å². The molecule has 1 aromatic heterocycles. The first-order valence-electron chi connectivity index (χ1n) is 7.49. The summed E-state index contributed by atoms with van der Waals surface area (Å²) in [6.45, 7) is 5.10. The summed E-state index contributed by atoms with van der Waals surface area (Å²) >= 11 is 4.98. The van der Waals surface area contributed by atoms with Gasteiger partial charge in [-0.25, -0.2) is 4.98 Å². The van der Waals surface area contributed by atoms with Crippen molar-refractivity contribution in [2.75, 3.05) is 31.1 Å². The molecule has 22 heavy (non-hydrogen) atoms. The third-order valence-corrected chi connectivity index (χ3v) is 4.23. The lowest BCUT2D eigenvalue weighted by Gasteiger charge is -2.35. The lowest BCUT2D eigenvalue weighted by molar-refractivity contribution is 0.249. The van der Waals surface area contributed by atoms with Gasteiger partial charge in [-0.05, 0) is 17.7 Å². The average Bonchev–Trinajstić information content (AvgIpc) is 2.57. The minimum atomic E-state index is 0.454. The second-order valence-electron chi connectivity index (χ2n) is 5.51. The summed E-state index contributed by atoms with van der Waals surface area (Å²) in [6, 6.07) is 14.3. The van der Waals surface area contributed by atoms with Gasteiger partial charge >= 0.3 is 0 Å². The SMILES string of the molecule is NC(=S)c1ccc(CN2CCN(c3ccccn3)CC2)cc1. The molecule has 1 aliphatic heterocycles. The van der Waals surface area contributed by atoms with Gasteiger partial charge in [0.1, 0.15) is 10.8 Å². The highest BCUT2D eigenvalue weighted by atomic mass is 32.1. The molecular formula is C17H20N4S. The number of nitrogens with zero attached hydrogens (tertiary/aromatic N) is 3. The molecule has 0 atom stereocenters. The van der Waals surface area contributed by atoms with Crippen LogP contribution in [-0.4, -0.2) is 41.1 Å². The zero-order valence-corrected chi connectivity index (χ0v) is 13.3. The fourth-order valence-electron chi connectivity index (χ4n) is 2.71. The highest BCUT2D eigenvalue weighted by Gasteiger charge is 2.17. The molecule has 5 heteroatoms. The van der Waals surface area contributed by atoms with Crippen LogP contribution in [0.25, 0.3) is 0 Å². The summed E-state index contributed by atoms with van der Waals surface area (Å²) in [7, 11) is 0. The van der Waals surface area contributed by atoms with Crippen LogP contribution in [0.3, 0.4) is 0 Å². The Morgan fingerprint density at radius 3 is 2.36 bits per heavy atom. The number of hydrogen-bond donors (Lipinski definition) is 1. The molecule has 1 aliphatic rings. The third kappa shape index (κ3) is 3.61. The number of rotatable bonds is 4. The van der Waals surface area contributed by atoms with Gasteiger partial charge in [0, 0.05) is 44.5 Å². The molecule has 0 amide bonds. The van der Waals surface area contributed by atoms with Crippen LogP contribution in [0.15, 0.2) is 48.7 Å². The second kappa shape index (κ2) is 6.85. The summed E-state index contributed by atoms with van der Waals surface area (Å²) in [5, 5.41) is 0. The van der Waals surface area contributed by atoms with E-state index in [2.05, 4.69) is 33.0 Å². The first-order valence-corrected chi connectivity index (χ1v) is 7.90. The highest BCUT2D eigenvalue weighted by molar-refractivity contribution is 7.80. The normalized spacial score (nSPS) is 15.7. The molecule has 0 spiro atoms. The summed E-state index contributed by atoms with van der Waals surface area (Å²) in [6.07, 6.45) is 1.85. The Kier molecular flexibility index (Phi) is 4.65. The zero-order chi connectivity index (χ0) is 15.4. The molecule has 2 heterocycles. The molecule has 0 aliphatic carbocycles. The number of aromatic nitrogens is 1. The van der Waals surface area contributed by atoms with Crippen molar-refractivity contribution in [2.24, 2.45) is 5.73 Å². The van der Waals surface area contributed by atoms with Gasteiger partial charge in [0.05, 0.1) is 0 Å². The number of piperazine rings is 1. The Morgan fingerprint density at radius 1 is 1.05 bits per heavy atom. The quantitative estimate of drug-likeness (QED) is 0.875. The van der Waals surface area contributed by atoms with E-state index in [1.165, 1.54) is 5.56 Å². The second-order valence-corrected chi connectivity index (χ2v) is 5.95. The number of pyridine rings is 1. The summed E-state index contributed by atoms with van der Waals surface area (Å²) < 4.78 is 0.